The highest BCUT2D eigenvalue weighted by atomic mass is 35.5. The number of nitrogens with one attached hydrogen (secondary N) is 2. The summed E-state index contributed by atoms with van der Waals surface area (Å²) >= 11 is 7.32. The van der Waals surface area contributed by atoms with E-state index in [-0.39, 0.29) is 65.4 Å². The maximum Gasteiger partial charge on any atom is 0.321 e. The number of hydrogen-bond donors (Lipinski definition) is 4. The van der Waals surface area contributed by atoms with Gasteiger partial charge in [0.15, 0.2) is 5.13 Å². The van der Waals surface area contributed by atoms with Crippen molar-refractivity contribution in [3.05, 3.63) is 70.2 Å². The van der Waals surface area contributed by atoms with Gasteiger partial charge < -0.3 is 31.3 Å². The summed E-state index contributed by atoms with van der Waals surface area (Å²) in [5.41, 5.74) is 7.49. The summed E-state index contributed by atoms with van der Waals surface area (Å²) in [5, 5.41) is 19.8. The summed E-state index contributed by atoms with van der Waals surface area (Å²) in [4.78, 5) is 46.6. The van der Waals surface area contributed by atoms with Crippen LogP contribution in [0.5, 0.6) is 0 Å². The van der Waals surface area contributed by atoms with Crippen LogP contribution in [0.2, 0.25) is 5.02 Å². The number of rotatable bonds is 16. The number of nitrogens with zero attached hydrogens (tertiary/aromatic N) is 4. The summed E-state index contributed by atoms with van der Waals surface area (Å²) in [5.74, 6) is -1.07. The number of amides is 4. The molecule has 1 aromatic heterocycles. The van der Waals surface area contributed by atoms with Crippen molar-refractivity contribution in [3.63, 3.8) is 0 Å². The van der Waals surface area contributed by atoms with E-state index >= 15 is 0 Å². The SMILES string of the molecule is CC(=O)Nc1nc(CN2CCN([C@H](C(=O)N[C@@H](Cc3ccccc3)[C@@H](O)CN(CC(C)C)S(=O)(=O)c3ccc(Cl)c(N)c3)C(C)C)C2=O)cs1. The first-order valence-corrected chi connectivity index (χ1v) is 19.1. The fourth-order valence-corrected chi connectivity index (χ4v) is 8.38. The number of anilines is 2. The van der Waals surface area contributed by atoms with E-state index in [4.69, 9.17) is 17.3 Å². The van der Waals surface area contributed by atoms with Crippen LogP contribution >= 0.6 is 22.9 Å². The number of carbonyl (C=O) groups excluding carboxylic acids is 3. The summed E-state index contributed by atoms with van der Waals surface area (Å²) in [7, 11) is -4.11. The number of halogens is 1. The average Bonchev–Trinajstić information content (AvgIpc) is 3.63. The van der Waals surface area contributed by atoms with Crippen molar-refractivity contribution in [2.75, 3.05) is 37.2 Å². The van der Waals surface area contributed by atoms with E-state index in [9.17, 15) is 27.9 Å². The number of thiazole rings is 1. The highest BCUT2D eigenvalue weighted by Gasteiger charge is 2.40. The summed E-state index contributed by atoms with van der Waals surface area (Å²) < 4.78 is 28.9. The second-order valence-corrected chi connectivity index (χ2v) is 16.4. The third kappa shape index (κ3) is 9.94. The number of sulfonamides is 1. The number of aromatic nitrogens is 1. The van der Waals surface area contributed by atoms with E-state index in [0.717, 1.165) is 5.56 Å². The fourth-order valence-electron chi connectivity index (χ4n) is 5.86. The maximum atomic E-state index is 14.1. The highest BCUT2D eigenvalue weighted by molar-refractivity contribution is 7.89. The van der Waals surface area contributed by atoms with Crippen molar-refractivity contribution in [1.29, 1.82) is 0 Å². The van der Waals surface area contributed by atoms with Crippen LogP contribution in [0.1, 0.15) is 45.9 Å². The molecule has 4 amide bonds. The molecule has 272 valence electrons. The van der Waals surface area contributed by atoms with Gasteiger partial charge in [0.1, 0.15) is 6.04 Å². The van der Waals surface area contributed by atoms with E-state index in [1.54, 1.807) is 10.3 Å². The molecule has 1 saturated heterocycles. The minimum atomic E-state index is -4.11. The first kappa shape index (κ1) is 39.0. The van der Waals surface area contributed by atoms with Crippen LogP contribution in [0.25, 0.3) is 0 Å². The number of nitrogen functional groups attached to an aromatic ring is 1. The highest BCUT2D eigenvalue weighted by Crippen LogP contribution is 2.27. The topological polar surface area (TPSA) is 178 Å². The Morgan fingerprint density at radius 2 is 1.80 bits per heavy atom. The zero-order chi connectivity index (χ0) is 36.7. The first-order chi connectivity index (χ1) is 23.6. The molecule has 0 saturated carbocycles. The molecule has 0 unspecified atom stereocenters. The summed E-state index contributed by atoms with van der Waals surface area (Å²) in [6, 6.07) is 11.3. The summed E-state index contributed by atoms with van der Waals surface area (Å²) in [6.45, 7) is 9.50. The largest absolute Gasteiger partial charge is 0.397 e. The molecule has 3 atom stereocenters. The maximum absolute atomic E-state index is 14.1. The Balaban J connectivity index is 1.56. The lowest BCUT2D eigenvalue weighted by Gasteiger charge is -2.34. The predicted octanol–water partition coefficient (Wildman–Crippen LogP) is 4.03. The molecule has 0 radical (unpaired) electrons. The Bertz CT molecular complexity index is 1760. The average molecular weight is 748 g/mol. The molecule has 1 aliphatic heterocycles. The Morgan fingerprint density at radius 3 is 2.42 bits per heavy atom. The number of benzene rings is 2. The van der Waals surface area contributed by atoms with Crippen molar-refractivity contribution in [1.82, 2.24) is 24.4 Å². The van der Waals surface area contributed by atoms with Crippen LogP contribution in [-0.2, 0) is 32.6 Å². The van der Waals surface area contributed by atoms with Gasteiger partial charge in [-0.15, -0.1) is 11.3 Å². The fraction of sp³-hybridized carbons (Fsp3) is 0.471. The zero-order valence-corrected chi connectivity index (χ0v) is 31.3. The van der Waals surface area contributed by atoms with Crippen molar-refractivity contribution >= 4 is 61.6 Å². The Labute approximate surface area is 302 Å². The molecule has 4 rings (SSSR count). The quantitative estimate of drug-likeness (QED) is 0.159. The van der Waals surface area contributed by atoms with Gasteiger partial charge >= 0.3 is 6.03 Å². The van der Waals surface area contributed by atoms with Crippen LogP contribution in [0, 0.1) is 11.8 Å². The second-order valence-electron chi connectivity index (χ2n) is 13.2. The van der Waals surface area contributed by atoms with Crippen LogP contribution in [0.15, 0.2) is 58.8 Å². The van der Waals surface area contributed by atoms with Gasteiger partial charge in [-0.2, -0.15) is 4.31 Å². The normalized spacial score (nSPS) is 15.5. The lowest BCUT2D eigenvalue weighted by molar-refractivity contribution is -0.128. The predicted molar refractivity (Wildman–Crippen MR) is 195 cm³/mol. The number of nitrogens with two attached hydrogens (primary N) is 1. The van der Waals surface area contributed by atoms with Crippen molar-refractivity contribution < 1.29 is 27.9 Å². The molecule has 0 aliphatic carbocycles. The molecule has 2 aromatic carbocycles. The lowest BCUT2D eigenvalue weighted by atomic mass is 9.97. The van der Waals surface area contributed by atoms with Crippen LogP contribution in [0.4, 0.5) is 15.6 Å². The molecule has 5 N–H and O–H groups in total. The van der Waals surface area contributed by atoms with Gasteiger partial charge in [-0.1, -0.05) is 69.6 Å². The van der Waals surface area contributed by atoms with Crippen LogP contribution < -0.4 is 16.4 Å². The van der Waals surface area contributed by atoms with Gasteiger partial charge in [0.25, 0.3) is 0 Å². The molecule has 13 nitrogen and oxygen atoms in total. The molecule has 1 aliphatic rings. The minimum absolute atomic E-state index is 0.0585. The number of aliphatic hydroxyl groups excluding tert-OH is 1. The number of hydrogen-bond acceptors (Lipinski definition) is 9. The molecule has 3 aromatic rings. The van der Waals surface area contributed by atoms with Gasteiger partial charge in [-0.25, -0.2) is 18.2 Å². The van der Waals surface area contributed by atoms with Gasteiger partial charge in [0.05, 0.1) is 40.0 Å². The van der Waals surface area contributed by atoms with Crippen molar-refractivity contribution in [2.45, 2.75) is 70.7 Å². The molecule has 0 bridgehead atoms. The van der Waals surface area contributed by atoms with Crippen molar-refractivity contribution in [3.8, 4) is 0 Å². The third-order valence-corrected chi connectivity index (χ3v) is 11.2. The van der Waals surface area contributed by atoms with E-state index in [1.807, 2.05) is 58.0 Å². The van der Waals surface area contributed by atoms with Crippen LogP contribution in [-0.4, -0.2) is 94.8 Å². The molecule has 1 fully saturated rings. The Hall–Kier alpha value is -3.76. The van der Waals surface area contributed by atoms with Crippen LogP contribution in [0.3, 0.4) is 0 Å². The molecule has 2 heterocycles. The number of carbonyl (C=O) groups is 3. The van der Waals surface area contributed by atoms with E-state index < -0.39 is 34.1 Å². The number of urea groups is 1. The smallest absolute Gasteiger partial charge is 0.321 e. The standard InChI is InChI=1S/C34H46ClN7O6S2/c1-21(2)17-41(50(47,48)26-11-12-27(35)28(36)16-26)19-30(44)29(15-24-9-7-6-8-10-24)39-32(45)31(22(3)4)42-14-13-40(34(42)46)18-25-20-49-33(38-25)37-23(5)43/h6-12,16,20-22,29-31,44H,13-15,17-19,36H2,1-5H3,(H,39,45)(H,37,38,43)/t29-,30-,31-/m0/s1. The second kappa shape index (κ2) is 17.0. The van der Waals surface area contributed by atoms with Gasteiger partial charge in [-0.3, -0.25) is 9.59 Å². The zero-order valence-electron chi connectivity index (χ0n) is 28.9. The molecule has 16 heteroatoms. The third-order valence-electron chi connectivity index (χ3n) is 8.21. The van der Waals surface area contributed by atoms with Gasteiger partial charge in [-0.05, 0) is 42.0 Å². The number of aliphatic hydroxyl groups is 1. The summed E-state index contributed by atoms with van der Waals surface area (Å²) in [6.07, 6.45) is -1.11. The Morgan fingerprint density at radius 1 is 1.10 bits per heavy atom. The van der Waals surface area contributed by atoms with Gasteiger partial charge in [0, 0.05) is 38.5 Å². The first-order valence-electron chi connectivity index (χ1n) is 16.4. The molecular weight excluding hydrogens is 702 g/mol. The molecular formula is C34H46ClN7O6S2. The van der Waals surface area contributed by atoms with E-state index in [1.165, 1.54) is 45.7 Å². The monoisotopic (exact) mass is 747 g/mol. The Kier molecular flexibility index (Phi) is 13.2. The minimum Gasteiger partial charge on any atom is -0.397 e. The molecule has 50 heavy (non-hydrogen) atoms. The van der Waals surface area contributed by atoms with Crippen molar-refractivity contribution in [2.24, 2.45) is 11.8 Å². The molecule has 0 spiro atoms. The van der Waals surface area contributed by atoms with E-state index in [2.05, 4.69) is 15.6 Å². The van der Waals surface area contributed by atoms with E-state index in [0.29, 0.717) is 23.9 Å². The van der Waals surface area contributed by atoms with Gasteiger partial charge in [0.2, 0.25) is 21.8 Å². The lowest BCUT2D eigenvalue weighted by Crippen LogP contribution is -2.57.